The van der Waals surface area contributed by atoms with E-state index >= 15 is 0 Å². The number of anilines is 1. The number of nitrogen functional groups attached to an aromatic ring is 1. The van der Waals surface area contributed by atoms with Gasteiger partial charge in [0.25, 0.3) is 0 Å². The van der Waals surface area contributed by atoms with E-state index in [9.17, 15) is 4.79 Å². The summed E-state index contributed by atoms with van der Waals surface area (Å²) in [6.45, 7) is 1.74. The van der Waals surface area contributed by atoms with Crippen LogP contribution in [0.15, 0.2) is 47.8 Å². The first kappa shape index (κ1) is 18.5. The lowest BCUT2D eigenvalue weighted by molar-refractivity contribution is -0.115. The van der Waals surface area contributed by atoms with E-state index in [2.05, 4.69) is 20.5 Å². The summed E-state index contributed by atoms with van der Waals surface area (Å²) in [5.74, 6) is 6.71. The SMILES string of the molecule is C[C@@H](Sc1nnc(-c2cccc(Cl)c2)n1N)C(=O)Nc1ccc(Cl)cn1. The highest BCUT2D eigenvalue weighted by Gasteiger charge is 2.20. The van der Waals surface area contributed by atoms with Crippen molar-refractivity contribution in [2.45, 2.75) is 17.3 Å². The molecular formula is C16H14Cl2N6OS. The highest BCUT2D eigenvalue weighted by molar-refractivity contribution is 8.00. The third-order valence-electron chi connectivity index (χ3n) is 3.38. The average Bonchev–Trinajstić information content (AvgIpc) is 2.97. The molecule has 0 radical (unpaired) electrons. The molecule has 0 bridgehead atoms. The Morgan fingerprint density at radius 2 is 2.04 bits per heavy atom. The van der Waals surface area contributed by atoms with Crippen molar-refractivity contribution in [2.24, 2.45) is 0 Å². The van der Waals surface area contributed by atoms with Crippen LogP contribution in [0.3, 0.4) is 0 Å². The van der Waals surface area contributed by atoms with Gasteiger partial charge in [0.1, 0.15) is 5.82 Å². The zero-order valence-electron chi connectivity index (χ0n) is 13.6. The van der Waals surface area contributed by atoms with Crippen LogP contribution in [0.4, 0.5) is 5.82 Å². The molecule has 1 atom stereocenters. The number of aromatic nitrogens is 4. The number of hydrogen-bond donors (Lipinski definition) is 2. The van der Waals surface area contributed by atoms with Crippen LogP contribution in [0.25, 0.3) is 11.4 Å². The maximum absolute atomic E-state index is 12.3. The smallest absolute Gasteiger partial charge is 0.238 e. The lowest BCUT2D eigenvalue weighted by Gasteiger charge is -2.11. The summed E-state index contributed by atoms with van der Waals surface area (Å²) in [5, 5.41) is 11.9. The van der Waals surface area contributed by atoms with Gasteiger partial charge < -0.3 is 11.2 Å². The molecule has 7 nitrogen and oxygen atoms in total. The molecule has 2 heterocycles. The predicted molar refractivity (Wildman–Crippen MR) is 104 cm³/mol. The number of nitrogens with two attached hydrogens (primary N) is 1. The fourth-order valence-electron chi connectivity index (χ4n) is 2.07. The van der Waals surface area contributed by atoms with Crippen molar-refractivity contribution in [3.63, 3.8) is 0 Å². The summed E-state index contributed by atoms with van der Waals surface area (Å²) in [6, 6.07) is 10.4. The number of carbonyl (C=O) groups excluding carboxylic acids is 1. The van der Waals surface area contributed by atoms with E-state index in [0.717, 1.165) is 5.56 Å². The number of thioether (sulfide) groups is 1. The predicted octanol–water partition coefficient (Wildman–Crippen LogP) is 3.48. The third-order valence-corrected chi connectivity index (χ3v) is 4.89. The second-order valence-electron chi connectivity index (χ2n) is 5.30. The Labute approximate surface area is 163 Å². The van der Waals surface area contributed by atoms with Crippen LogP contribution in [-0.2, 0) is 4.79 Å². The summed E-state index contributed by atoms with van der Waals surface area (Å²) >= 11 is 13.0. The zero-order chi connectivity index (χ0) is 18.7. The van der Waals surface area contributed by atoms with Gasteiger partial charge in [0.05, 0.1) is 10.3 Å². The molecule has 0 aliphatic rings. The van der Waals surface area contributed by atoms with E-state index in [-0.39, 0.29) is 5.91 Å². The molecule has 3 rings (SSSR count). The Morgan fingerprint density at radius 3 is 2.73 bits per heavy atom. The van der Waals surface area contributed by atoms with E-state index in [1.165, 1.54) is 22.6 Å². The van der Waals surface area contributed by atoms with Crippen molar-refractivity contribution in [1.82, 2.24) is 19.9 Å². The third kappa shape index (κ3) is 4.27. The van der Waals surface area contributed by atoms with E-state index in [1.807, 2.05) is 6.07 Å². The van der Waals surface area contributed by atoms with Gasteiger partial charge in [0.2, 0.25) is 11.1 Å². The Bertz CT molecular complexity index is 931. The average molecular weight is 409 g/mol. The van der Waals surface area contributed by atoms with Crippen LogP contribution < -0.4 is 11.2 Å². The molecule has 1 amide bonds. The Kier molecular flexibility index (Phi) is 5.65. The molecule has 0 saturated carbocycles. The molecular weight excluding hydrogens is 395 g/mol. The second kappa shape index (κ2) is 7.94. The van der Waals surface area contributed by atoms with Gasteiger partial charge in [0, 0.05) is 16.8 Å². The monoisotopic (exact) mass is 408 g/mol. The highest BCUT2D eigenvalue weighted by atomic mass is 35.5. The van der Waals surface area contributed by atoms with Crippen molar-refractivity contribution >= 4 is 46.7 Å². The maximum atomic E-state index is 12.3. The normalized spacial score (nSPS) is 12.0. The standard InChI is InChI=1S/C16H14Cl2N6OS/c1-9(15(25)21-13-6-5-12(18)8-20-13)26-16-23-22-14(24(16)19)10-3-2-4-11(17)7-10/h2-9H,19H2,1H3,(H,20,21,25)/t9-/m1/s1. The molecule has 0 spiro atoms. The first-order chi connectivity index (χ1) is 12.4. The van der Waals surface area contributed by atoms with Gasteiger partial charge >= 0.3 is 0 Å². The number of hydrogen-bond acceptors (Lipinski definition) is 6. The van der Waals surface area contributed by atoms with Crippen LogP contribution in [0.2, 0.25) is 10.0 Å². The minimum Gasteiger partial charge on any atom is -0.335 e. The van der Waals surface area contributed by atoms with Gasteiger partial charge in [-0.05, 0) is 31.2 Å². The van der Waals surface area contributed by atoms with Gasteiger partial charge in [-0.15, -0.1) is 10.2 Å². The van der Waals surface area contributed by atoms with Gasteiger partial charge in [-0.25, -0.2) is 9.66 Å². The Balaban J connectivity index is 1.70. The van der Waals surface area contributed by atoms with Gasteiger partial charge in [-0.2, -0.15) is 0 Å². The van der Waals surface area contributed by atoms with Crippen LogP contribution in [-0.4, -0.2) is 31.0 Å². The number of carbonyl (C=O) groups is 1. The number of amides is 1. The van der Waals surface area contributed by atoms with Crippen molar-refractivity contribution in [3.8, 4) is 11.4 Å². The molecule has 0 unspecified atom stereocenters. The van der Waals surface area contributed by atoms with Crippen LogP contribution in [0.5, 0.6) is 0 Å². The lowest BCUT2D eigenvalue weighted by atomic mass is 10.2. The molecule has 0 aliphatic carbocycles. The van der Waals surface area contributed by atoms with Crippen LogP contribution >= 0.6 is 35.0 Å². The summed E-state index contributed by atoms with van der Waals surface area (Å²) < 4.78 is 1.33. The van der Waals surface area contributed by atoms with E-state index in [1.54, 1.807) is 37.3 Å². The van der Waals surface area contributed by atoms with E-state index in [4.69, 9.17) is 29.0 Å². The molecule has 2 aromatic heterocycles. The minimum absolute atomic E-state index is 0.239. The van der Waals surface area contributed by atoms with Crippen LogP contribution in [0.1, 0.15) is 6.92 Å². The molecule has 0 saturated heterocycles. The molecule has 0 aliphatic heterocycles. The number of benzene rings is 1. The van der Waals surface area contributed by atoms with Crippen molar-refractivity contribution in [1.29, 1.82) is 0 Å². The molecule has 3 N–H and O–H groups in total. The minimum atomic E-state index is -0.466. The van der Waals surface area contributed by atoms with Crippen LogP contribution in [0, 0.1) is 0 Å². The lowest BCUT2D eigenvalue weighted by Crippen LogP contribution is -2.24. The Morgan fingerprint density at radius 1 is 1.23 bits per heavy atom. The molecule has 3 aromatic rings. The number of pyridine rings is 1. The number of nitrogens with zero attached hydrogens (tertiary/aromatic N) is 4. The number of rotatable bonds is 5. The molecule has 0 fully saturated rings. The summed E-state index contributed by atoms with van der Waals surface area (Å²) in [6.07, 6.45) is 1.46. The number of nitrogens with one attached hydrogen (secondary N) is 1. The maximum Gasteiger partial charge on any atom is 0.238 e. The van der Waals surface area contributed by atoms with Crippen molar-refractivity contribution in [2.75, 3.05) is 11.2 Å². The first-order valence-corrected chi connectivity index (χ1v) is 9.13. The molecule has 1 aromatic carbocycles. The van der Waals surface area contributed by atoms with Gasteiger partial charge in [0.15, 0.2) is 5.82 Å². The highest BCUT2D eigenvalue weighted by Crippen LogP contribution is 2.26. The second-order valence-corrected chi connectivity index (χ2v) is 7.48. The summed E-state index contributed by atoms with van der Waals surface area (Å²) in [4.78, 5) is 16.3. The van der Waals surface area contributed by atoms with E-state index < -0.39 is 5.25 Å². The molecule has 10 heteroatoms. The van der Waals surface area contributed by atoms with Gasteiger partial charge in [-0.3, -0.25) is 4.79 Å². The number of halogens is 2. The van der Waals surface area contributed by atoms with Crippen molar-refractivity contribution < 1.29 is 4.79 Å². The van der Waals surface area contributed by atoms with Gasteiger partial charge in [-0.1, -0.05) is 47.1 Å². The molecule has 26 heavy (non-hydrogen) atoms. The topological polar surface area (TPSA) is 98.7 Å². The quantitative estimate of drug-likeness (QED) is 0.495. The fourth-order valence-corrected chi connectivity index (χ4v) is 3.14. The first-order valence-electron chi connectivity index (χ1n) is 7.49. The van der Waals surface area contributed by atoms with E-state index in [0.29, 0.717) is 26.8 Å². The largest absolute Gasteiger partial charge is 0.335 e. The fraction of sp³-hybridized carbons (Fsp3) is 0.125. The summed E-state index contributed by atoms with van der Waals surface area (Å²) in [5.41, 5.74) is 0.738. The summed E-state index contributed by atoms with van der Waals surface area (Å²) in [7, 11) is 0. The van der Waals surface area contributed by atoms with Crippen molar-refractivity contribution in [3.05, 3.63) is 52.6 Å². The zero-order valence-corrected chi connectivity index (χ0v) is 15.9. The Hall–Kier alpha value is -2.29. The molecule has 134 valence electrons.